The van der Waals surface area contributed by atoms with Crippen molar-refractivity contribution in [1.82, 2.24) is 0 Å². The minimum atomic E-state index is -4.36. The summed E-state index contributed by atoms with van der Waals surface area (Å²) < 4.78 is 31.8. The third-order valence-electron chi connectivity index (χ3n) is 3.66. The second-order valence-corrected chi connectivity index (χ2v) is 6.83. The van der Waals surface area contributed by atoms with Gasteiger partial charge in [0.1, 0.15) is 0 Å². The highest BCUT2D eigenvalue weighted by Gasteiger charge is 2.12. The number of nitrogens with zero attached hydrogens (tertiary/aromatic N) is 2. The number of benzene rings is 3. The average molecular weight is 371 g/mol. The van der Waals surface area contributed by atoms with Crippen molar-refractivity contribution >= 4 is 43.9 Å². The molecule has 26 heavy (non-hydrogen) atoms. The van der Waals surface area contributed by atoms with Crippen LogP contribution in [-0.4, -0.2) is 24.0 Å². The van der Waals surface area contributed by atoms with E-state index in [2.05, 4.69) is 10.2 Å². The van der Waals surface area contributed by atoms with Crippen LogP contribution in [0.1, 0.15) is 10.4 Å². The Hall–Kier alpha value is -3.30. The second kappa shape index (κ2) is 6.54. The molecule has 0 fully saturated rings. The number of hydrogen-bond acceptors (Lipinski definition) is 6. The Balaban J connectivity index is 2.07. The Morgan fingerprint density at radius 1 is 0.962 bits per heavy atom. The van der Waals surface area contributed by atoms with Gasteiger partial charge in [0, 0.05) is 16.5 Å². The smallest absolute Gasteiger partial charge is 0.335 e. The van der Waals surface area contributed by atoms with Crippen molar-refractivity contribution in [3.8, 4) is 0 Å². The molecule has 0 spiro atoms. The summed E-state index contributed by atoms with van der Waals surface area (Å²) in [6.07, 6.45) is 0. The topological polar surface area (TPSA) is 142 Å². The molecule has 0 heterocycles. The normalized spacial score (nSPS) is 11.9. The number of fused-ring (bicyclic) bond motifs is 1. The van der Waals surface area contributed by atoms with Gasteiger partial charge in [-0.1, -0.05) is 12.1 Å². The number of nitrogen functional groups attached to an aromatic ring is 1. The first kappa shape index (κ1) is 17.5. The van der Waals surface area contributed by atoms with E-state index in [1.165, 1.54) is 36.4 Å². The van der Waals surface area contributed by atoms with Gasteiger partial charge in [0.2, 0.25) is 0 Å². The summed E-state index contributed by atoms with van der Waals surface area (Å²) in [4.78, 5) is 10.7. The Kier molecular flexibility index (Phi) is 4.41. The lowest BCUT2D eigenvalue weighted by Crippen LogP contribution is -1.98. The van der Waals surface area contributed by atoms with E-state index >= 15 is 0 Å². The summed E-state index contributed by atoms with van der Waals surface area (Å²) in [6, 6.07) is 13.1. The lowest BCUT2D eigenvalue weighted by Gasteiger charge is -2.06. The maximum Gasteiger partial charge on any atom is 0.335 e. The maximum absolute atomic E-state index is 11.3. The predicted octanol–water partition coefficient (Wildman–Crippen LogP) is 3.78. The third kappa shape index (κ3) is 3.53. The van der Waals surface area contributed by atoms with Gasteiger partial charge in [-0.25, -0.2) is 4.79 Å². The molecule has 8 nitrogen and oxygen atoms in total. The lowest BCUT2D eigenvalue weighted by atomic mass is 10.1. The predicted molar refractivity (Wildman–Crippen MR) is 95.8 cm³/mol. The molecule has 132 valence electrons. The Morgan fingerprint density at radius 3 is 2.42 bits per heavy atom. The molecule has 0 radical (unpaired) electrons. The number of aromatic carboxylic acids is 1. The number of nitrogens with two attached hydrogens (primary N) is 1. The quantitative estimate of drug-likeness (QED) is 0.362. The standard InChI is InChI=1S/C17H13N3O5S/c18-15-6-7-16(13-5-4-12(9-14(13)15)26(23,24)25)20-19-11-3-1-2-10(8-11)17(21)22/h1-9H,18H2,(H,21,22)(H,23,24,25). The minimum Gasteiger partial charge on any atom is -0.478 e. The van der Waals surface area contributed by atoms with Gasteiger partial charge >= 0.3 is 5.97 Å². The molecule has 3 aromatic rings. The average Bonchev–Trinajstić information content (AvgIpc) is 2.60. The van der Waals surface area contributed by atoms with Crippen LogP contribution in [0.25, 0.3) is 10.8 Å². The molecule has 0 bridgehead atoms. The van der Waals surface area contributed by atoms with Gasteiger partial charge in [-0.3, -0.25) is 4.55 Å². The van der Waals surface area contributed by atoms with Crippen LogP contribution in [-0.2, 0) is 10.1 Å². The van der Waals surface area contributed by atoms with Crippen LogP contribution < -0.4 is 5.73 Å². The van der Waals surface area contributed by atoms with E-state index < -0.39 is 16.1 Å². The van der Waals surface area contributed by atoms with E-state index in [0.717, 1.165) is 0 Å². The molecule has 0 saturated heterocycles. The number of azo groups is 1. The Bertz CT molecular complexity index is 1160. The molecule has 0 aliphatic carbocycles. The van der Waals surface area contributed by atoms with Gasteiger partial charge in [-0.2, -0.15) is 13.5 Å². The fourth-order valence-electron chi connectivity index (χ4n) is 2.39. The minimum absolute atomic E-state index is 0.0846. The van der Waals surface area contributed by atoms with Gasteiger partial charge in [-0.05, 0) is 42.5 Å². The van der Waals surface area contributed by atoms with Crippen LogP contribution in [0.15, 0.2) is 69.7 Å². The first-order chi connectivity index (χ1) is 12.3. The highest BCUT2D eigenvalue weighted by atomic mass is 32.2. The largest absolute Gasteiger partial charge is 0.478 e. The first-order valence-electron chi connectivity index (χ1n) is 7.30. The van der Waals surface area contributed by atoms with E-state index in [1.807, 2.05) is 0 Å². The van der Waals surface area contributed by atoms with E-state index in [9.17, 15) is 17.8 Å². The van der Waals surface area contributed by atoms with E-state index in [0.29, 0.717) is 27.8 Å². The molecule has 3 rings (SSSR count). The Labute approximate surface area is 148 Å². The Morgan fingerprint density at radius 2 is 1.73 bits per heavy atom. The van der Waals surface area contributed by atoms with Crippen LogP contribution >= 0.6 is 0 Å². The first-order valence-corrected chi connectivity index (χ1v) is 8.74. The molecule has 0 aromatic heterocycles. The molecule has 0 saturated carbocycles. The summed E-state index contributed by atoms with van der Waals surface area (Å²) in [5, 5.41) is 18.1. The zero-order valence-electron chi connectivity index (χ0n) is 13.2. The number of anilines is 1. The van der Waals surface area contributed by atoms with Crippen molar-refractivity contribution in [2.75, 3.05) is 5.73 Å². The highest BCUT2D eigenvalue weighted by Crippen LogP contribution is 2.33. The van der Waals surface area contributed by atoms with Gasteiger partial charge in [0.25, 0.3) is 10.1 Å². The van der Waals surface area contributed by atoms with Crippen molar-refractivity contribution in [3.05, 3.63) is 60.2 Å². The zero-order valence-corrected chi connectivity index (χ0v) is 14.0. The molecular weight excluding hydrogens is 358 g/mol. The molecule has 3 aromatic carbocycles. The van der Waals surface area contributed by atoms with E-state index in [1.54, 1.807) is 18.2 Å². The van der Waals surface area contributed by atoms with Gasteiger partial charge in [-0.15, -0.1) is 5.11 Å². The number of carboxylic acid groups (broad SMARTS) is 1. The number of carboxylic acids is 1. The molecule has 0 unspecified atom stereocenters. The van der Waals surface area contributed by atoms with E-state index in [-0.39, 0.29) is 10.5 Å². The fourth-order valence-corrected chi connectivity index (χ4v) is 2.90. The van der Waals surface area contributed by atoms with Crippen LogP contribution in [0.2, 0.25) is 0 Å². The third-order valence-corrected chi connectivity index (χ3v) is 4.51. The summed E-state index contributed by atoms with van der Waals surface area (Å²) in [5.41, 5.74) is 7.05. The van der Waals surface area contributed by atoms with Crippen molar-refractivity contribution in [2.45, 2.75) is 4.90 Å². The van der Waals surface area contributed by atoms with Crippen molar-refractivity contribution in [2.24, 2.45) is 10.2 Å². The second-order valence-electron chi connectivity index (χ2n) is 5.41. The number of rotatable bonds is 4. The molecule has 0 atom stereocenters. The molecule has 0 aliphatic heterocycles. The zero-order chi connectivity index (χ0) is 18.9. The summed E-state index contributed by atoms with van der Waals surface area (Å²) in [6.45, 7) is 0. The van der Waals surface area contributed by atoms with Gasteiger partial charge in [0.15, 0.2) is 0 Å². The van der Waals surface area contributed by atoms with Gasteiger partial charge in [0.05, 0.1) is 21.8 Å². The monoisotopic (exact) mass is 371 g/mol. The summed E-state index contributed by atoms with van der Waals surface area (Å²) in [7, 11) is -4.36. The molecule has 9 heteroatoms. The molecule has 4 N–H and O–H groups in total. The number of hydrogen-bond donors (Lipinski definition) is 3. The van der Waals surface area contributed by atoms with Crippen LogP contribution in [0.5, 0.6) is 0 Å². The number of carbonyl (C=O) groups is 1. The molecule has 0 aliphatic rings. The van der Waals surface area contributed by atoms with Gasteiger partial charge < -0.3 is 10.8 Å². The van der Waals surface area contributed by atoms with E-state index in [4.69, 9.17) is 10.8 Å². The molecule has 0 amide bonds. The lowest BCUT2D eigenvalue weighted by molar-refractivity contribution is 0.0697. The van der Waals surface area contributed by atoms with Crippen LogP contribution in [0.3, 0.4) is 0 Å². The van der Waals surface area contributed by atoms with Crippen LogP contribution in [0, 0.1) is 0 Å². The molecular formula is C17H13N3O5S. The van der Waals surface area contributed by atoms with Crippen LogP contribution in [0.4, 0.5) is 17.1 Å². The van der Waals surface area contributed by atoms with Crippen molar-refractivity contribution < 1.29 is 22.9 Å². The summed E-state index contributed by atoms with van der Waals surface area (Å²) in [5.74, 6) is -1.07. The SMILES string of the molecule is Nc1ccc(N=Nc2cccc(C(=O)O)c2)c2ccc(S(=O)(=O)O)cc12. The fraction of sp³-hybridized carbons (Fsp3) is 0. The van der Waals surface area contributed by atoms with Crippen molar-refractivity contribution in [3.63, 3.8) is 0 Å². The maximum atomic E-state index is 11.3. The highest BCUT2D eigenvalue weighted by molar-refractivity contribution is 7.85. The van der Waals surface area contributed by atoms with Crippen molar-refractivity contribution in [1.29, 1.82) is 0 Å². The summed E-state index contributed by atoms with van der Waals surface area (Å²) >= 11 is 0.